The van der Waals surface area contributed by atoms with E-state index in [2.05, 4.69) is 5.32 Å². The third-order valence-corrected chi connectivity index (χ3v) is 6.81. The van der Waals surface area contributed by atoms with Crippen molar-refractivity contribution in [3.8, 4) is 5.75 Å². The van der Waals surface area contributed by atoms with Gasteiger partial charge in [-0.2, -0.15) is 0 Å². The van der Waals surface area contributed by atoms with E-state index in [-0.39, 0.29) is 23.3 Å². The zero-order valence-corrected chi connectivity index (χ0v) is 16.4. The zero-order chi connectivity index (χ0) is 19.3. The normalized spacial score (nSPS) is 21.7. The zero-order valence-electron chi connectivity index (χ0n) is 16.4. The van der Waals surface area contributed by atoms with Crippen molar-refractivity contribution in [2.45, 2.75) is 82.8 Å². The molecule has 2 aromatic rings. The lowest BCUT2D eigenvalue weighted by molar-refractivity contribution is 0.0139. The molecule has 1 amide bonds. The molecule has 0 saturated heterocycles. The van der Waals surface area contributed by atoms with Gasteiger partial charge in [-0.25, -0.2) is 0 Å². The fraction of sp³-hybridized carbons (Fsp3) is 0.565. The van der Waals surface area contributed by atoms with E-state index in [1.54, 1.807) is 0 Å². The molecule has 1 aromatic carbocycles. The van der Waals surface area contributed by atoms with Crippen LogP contribution in [0.5, 0.6) is 5.75 Å². The van der Waals surface area contributed by atoms with E-state index < -0.39 is 0 Å². The Bertz CT molecular complexity index is 945. The van der Waals surface area contributed by atoms with Gasteiger partial charge in [-0.15, -0.1) is 0 Å². The number of amides is 1. The quantitative estimate of drug-likeness (QED) is 0.787. The molecule has 1 aromatic heterocycles. The van der Waals surface area contributed by atoms with Crippen molar-refractivity contribution in [2.24, 2.45) is 0 Å². The van der Waals surface area contributed by atoms with Gasteiger partial charge in [0, 0.05) is 17.0 Å². The minimum Gasteiger partial charge on any atom is -0.486 e. The van der Waals surface area contributed by atoms with Gasteiger partial charge in [-0.05, 0) is 57.6 Å². The second kappa shape index (κ2) is 6.64. The van der Waals surface area contributed by atoms with Crippen LogP contribution in [0, 0.1) is 6.92 Å². The second-order valence-corrected chi connectivity index (χ2v) is 8.77. The Balaban J connectivity index is 1.52. The Labute approximate surface area is 164 Å². The van der Waals surface area contributed by atoms with Gasteiger partial charge in [0.1, 0.15) is 16.9 Å². The molecule has 148 valence electrons. The number of fused-ring (bicyclic) bond motifs is 3. The molecule has 5 heteroatoms. The number of Topliss-reactive ketones (excluding diaryl/α,β-unsaturated/α-hetero) is 1. The van der Waals surface area contributed by atoms with E-state index in [0.717, 1.165) is 62.3 Å². The lowest BCUT2D eigenvalue weighted by Gasteiger charge is -2.40. The predicted octanol–water partition coefficient (Wildman–Crippen LogP) is 5.08. The highest BCUT2D eigenvalue weighted by Gasteiger charge is 2.42. The van der Waals surface area contributed by atoms with E-state index in [1.165, 1.54) is 6.42 Å². The fourth-order valence-electron chi connectivity index (χ4n) is 5.35. The van der Waals surface area contributed by atoms with Crippen molar-refractivity contribution in [3.05, 3.63) is 29.0 Å². The van der Waals surface area contributed by atoms with Crippen LogP contribution in [-0.4, -0.2) is 23.3 Å². The topological polar surface area (TPSA) is 68.5 Å². The van der Waals surface area contributed by atoms with Gasteiger partial charge in [0.15, 0.2) is 11.5 Å². The molecular formula is C23H27NO4. The van der Waals surface area contributed by atoms with E-state index in [9.17, 15) is 9.59 Å². The first-order valence-electron chi connectivity index (χ1n) is 10.7. The molecule has 28 heavy (non-hydrogen) atoms. The number of hydrogen-bond acceptors (Lipinski definition) is 4. The number of aryl methyl sites for hydroxylation is 1. The van der Waals surface area contributed by atoms with Gasteiger partial charge in [-0.3, -0.25) is 9.59 Å². The van der Waals surface area contributed by atoms with Crippen LogP contribution in [-0.2, 0) is 0 Å². The Morgan fingerprint density at radius 2 is 1.86 bits per heavy atom. The van der Waals surface area contributed by atoms with Crippen LogP contribution < -0.4 is 10.1 Å². The lowest BCUT2D eigenvalue weighted by atomic mass is 9.78. The van der Waals surface area contributed by atoms with E-state index in [1.807, 2.05) is 19.1 Å². The van der Waals surface area contributed by atoms with Crippen LogP contribution in [0.1, 0.15) is 90.7 Å². The molecule has 5 nitrogen and oxygen atoms in total. The molecule has 2 aliphatic carbocycles. The molecule has 1 N–H and O–H groups in total. The van der Waals surface area contributed by atoms with Gasteiger partial charge in [-0.1, -0.05) is 19.3 Å². The Morgan fingerprint density at radius 3 is 2.61 bits per heavy atom. The summed E-state index contributed by atoms with van der Waals surface area (Å²) in [5, 5.41) is 3.83. The number of hydrogen-bond donors (Lipinski definition) is 1. The van der Waals surface area contributed by atoms with E-state index >= 15 is 0 Å². The summed E-state index contributed by atoms with van der Waals surface area (Å²) in [6, 6.07) is 3.90. The van der Waals surface area contributed by atoms with Crippen molar-refractivity contribution >= 4 is 22.7 Å². The number of ketones is 1. The molecular weight excluding hydrogens is 354 g/mol. The molecule has 0 radical (unpaired) electrons. The standard InChI is InChI=1S/C23H27NO4/c1-14-19-17(27-21(14)22(26)24-15-7-3-4-8-15)9-10-18-20(19)16(25)13-23(28-18)11-5-2-6-12-23/h9-10,15H,2-8,11-13H2,1H3,(H,24,26). The highest BCUT2D eigenvalue weighted by Crippen LogP contribution is 2.45. The van der Waals surface area contributed by atoms with Crippen molar-refractivity contribution in [1.29, 1.82) is 0 Å². The van der Waals surface area contributed by atoms with Crippen LogP contribution in [0.25, 0.3) is 11.0 Å². The summed E-state index contributed by atoms with van der Waals surface area (Å²) in [6.45, 7) is 1.87. The summed E-state index contributed by atoms with van der Waals surface area (Å²) in [7, 11) is 0. The fourth-order valence-corrected chi connectivity index (χ4v) is 5.35. The summed E-state index contributed by atoms with van der Waals surface area (Å²) in [6.07, 6.45) is 10.1. The maximum Gasteiger partial charge on any atom is 0.287 e. The molecule has 0 unspecified atom stereocenters. The van der Waals surface area contributed by atoms with Crippen LogP contribution in [0.3, 0.4) is 0 Å². The molecule has 2 heterocycles. The van der Waals surface area contributed by atoms with Gasteiger partial charge in [0.25, 0.3) is 5.91 Å². The molecule has 2 saturated carbocycles. The molecule has 3 aliphatic rings. The number of carbonyl (C=O) groups is 2. The number of rotatable bonds is 2. The lowest BCUT2D eigenvalue weighted by Crippen LogP contribution is -2.43. The van der Waals surface area contributed by atoms with Crippen molar-refractivity contribution in [2.75, 3.05) is 0 Å². The van der Waals surface area contributed by atoms with Gasteiger partial charge in [0.2, 0.25) is 0 Å². The second-order valence-electron chi connectivity index (χ2n) is 8.77. The summed E-state index contributed by atoms with van der Waals surface area (Å²) >= 11 is 0. The third kappa shape index (κ3) is 2.83. The minimum absolute atomic E-state index is 0.111. The Kier molecular flexibility index (Phi) is 4.22. The van der Waals surface area contributed by atoms with E-state index in [0.29, 0.717) is 29.1 Å². The molecule has 2 fully saturated rings. The largest absolute Gasteiger partial charge is 0.486 e. The maximum absolute atomic E-state index is 13.2. The summed E-state index contributed by atoms with van der Waals surface area (Å²) < 4.78 is 12.3. The average Bonchev–Trinajstić information content (AvgIpc) is 3.30. The number of benzene rings is 1. The van der Waals surface area contributed by atoms with Crippen LogP contribution >= 0.6 is 0 Å². The minimum atomic E-state index is -0.337. The molecule has 5 rings (SSSR count). The first-order valence-corrected chi connectivity index (χ1v) is 10.7. The van der Waals surface area contributed by atoms with Gasteiger partial charge in [0.05, 0.1) is 12.0 Å². The summed E-state index contributed by atoms with van der Waals surface area (Å²) in [5.74, 6) is 0.904. The molecule has 1 spiro atoms. The van der Waals surface area contributed by atoms with Gasteiger partial charge >= 0.3 is 0 Å². The molecule has 1 aliphatic heterocycles. The summed E-state index contributed by atoms with van der Waals surface area (Å²) in [5.41, 5.74) is 1.58. The van der Waals surface area contributed by atoms with Crippen LogP contribution in [0.4, 0.5) is 0 Å². The number of ether oxygens (including phenoxy) is 1. The third-order valence-electron chi connectivity index (χ3n) is 6.81. The van der Waals surface area contributed by atoms with Crippen molar-refractivity contribution < 1.29 is 18.7 Å². The number of furan rings is 1. The van der Waals surface area contributed by atoms with Crippen LogP contribution in [0.15, 0.2) is 16.5 Å². The SMILES string of the molecule is Cc1c(C(=O)NC2CCCC2)oc2ccc3c(c12)C(=O)CC1(CCCCC1)O3. The number of nitrogens with one attached hydrogen (secondary N) is 1. The first-order chi connectivity index (χ1) is 13.6. The predicted molar refractivity (Wildman–Crippen MR) is 106 cm³/mol. The highest BCUT2D eigenvalue weighted by atomic mass is 16.5. The maximum atomic E-state index is 13.2. The van der Waals surface area contributed by atoms with Crippen molar-refractivity contribution in [1.82, 2.24) is 5.32 Å². The first kappa shape index (κ1) is 17.8. The smallest absolute Gasteiger partial charge is 0.287 e. The Hall–Kier alpha value is -2.30. The monoisotopic (exact) mass is 381 g/mol. The van der Waals surface area contributed by atoms with E-state index in [4.69, 9.17) is 9.15 Å². The summed E-state index contributed by atoms with van der Waals surface area (Å²) in [4.78, 5) is 25.9. The molecule has 0 bridgehead atoms. The molecule has 0 atom stereocenters. The number of carbonyl (C=O) groups excluding carboxylic acids is 2. The van der Waals surface area contributed by atoms with Crippen LogP contribution in [0.2, 0.25) is 0 Å². The van der Waals surface area contributed by atoms with Gasteiger partial charge < -0.3 is 14.5 Å². The highest BCUT2D eigenvalue weighted by molar-refractivity contribution is 6.13. The average molecular weight is 381 g/mol. The Morgan fingerprint density at radius 1 is 1.11 bits per heavy atom. The van der Waals surface area contributed by atoms with Crippen molar-refractivity contribution in [3.63, 3.8) is 0 Å².